The highest BCUT2D eigenvalue weighted by Crippen LogP contribution is 2.09. The molecular weight excluding hydrogens is 318 g/mol. The molecule has 8 heteroatoms. The monoisotopic (exact) mass is 343 g/mol. The van der Waals surface area contributed by atoms with Gasteiger partial charge in [0.1, 0.15) is 6.54 Å². The summed E-state index contributed by atoms with van der Waals surface area (Å²) in [5.74, 6) is 1.83. The van der Waals surface area contributed by atoms with Crippen molar-refractivity contribution in [3.63, 3.8) is 0 Å². The van der Waals surface area contributed by atoms with E-state index < -0.39 is 0 Å². The second-order valence-electron chi connectivity index (χ2n) is 6.00. The first-order valence-corrected chi connectivity index (χ1v) is 8.86. The summed E-state index contributed by atoms with van der Waals surface area (Å²) in [4.78, 5) is 18.1. The van der Waals surface area contributed by atoms with Gasteiger partial charge in [-0.2, -0.15) is 0 Å². The quantitative estimate of drug-likeness (QED) is 0.441. The average Bonchev–Trinajstić information content (AvgIpc) is 3.22. The van der Waals surface area contributed by atoms with E-state index in [2.05, 4.69) is 25.8 Å². The number of hydrogen-bond acceptors (Lipinski definition) is 4. The summed E-state index contributed by atoms with van der Waals surface area (Å²) in [5, 5.41) is 14.9. The van der Waals surface area contributed by atoms with Crippen LogP contribution in [-0.4, -0.2) is 57.5 Å². The van der Waals surface area contributed by atoms with Crippen molar-refractivity contribution in [3.8, 4) is 0 Å². The zero-order chi connectivity index (χ0) is 17.5. The summed E-state index contributed by atoms with van der Waals surface area (Å²) in [6, 6.07) is 5.81. The van der Waals surface area contributed by atoms with E-state index >= 15 is 0 Å². The summed E-state index contributed by atoms with van der Waals surface area (Å²) < 4.78 is 1.94. The van der Waals surface area contributed by atoms with Crippen LogP contribution in [0.1, 0.15) is 32.0 Å². The van der Waals surface area contributed by atoms with Gasteiger partial charge in [0, 0.05) is 38.8 Å². The van der Waals surface area contributed by atoms with Gasteiger partial charge in [-0.25, -0.2) is 4.99 Å². The van der Waals surface area contributed by atoms with Crippen molar-refractivity contribution in [1.82, 2.24) is 30.1 Å². The van der Waals surface area contributed by atoms with Gasteiger partial charge in [-0.15, -0.1) is 10.2 Å². The van der Waals surface area contributed by atoms with E-state index in [1.807, 2.05) is 40.6 Å². The van der Waals surface area contributed by atoms with Crippen LogP contribution in [0, 0.1) is 0 Å². The van der Waals surface area contributed by atoms with Crippen LogP contribution < -0.4 is 10.6 Å². The van der Waals surface area contributed by atoms with E-state index in [4.69, 9.17) is 0 Å². The number of amides is 1. The van der Waals surface area contributed by atoms with Gasteiger partial charge < -0.3 is 15.5 Å². The van der Waals surface area contributed by atoms with Crippen molar-refractivity contribution in [2.24, 2.45) is 4.99 Å². The number of nitrogens with zero attached hydrogens (tertiary/aromatic N) is 5. The fourth-order valence-corrected chi connectivity index (χ4v) is 2.91. The molecule has 0 unspecified atom stereocenters. The van der Waals surface area contributed by atoms with Crippen LogP contribution in [0.3, 0.4) is 0 Å². The van der Waals surface area contributed by atoms with Crippen LogP contribution in [-0.2, 0) is 11.3 Å². The van der Waals surface area contributed by atoms with Crippen molar-refractivity contribution in [2.45, 2.75) is 32.7 Å². The molecule has 134 valence electrons. The Balaban J connectivity index is 1.51. The molecule has 1 fully saturated rings. The number of hydrogen-bond donors (Lipinski definition) is 2. The second-order valence-corrected chi connectivity index (χ2v) is 6.00. The minimum atomic E-state index is 0.277. The van der Waals surface area contributed by atoms with E-state index in [1.165, 1.54) is 0 Å². The summed E-state index contributed by atoms with van der Waals surface area (Å²) in [7, 11) is 0. The molecule has 8 nitrogen and oxygen atoms in total. The summed E-state index contributed by atoms with van der Waals surface area (Å²) in [6.45, 7) is 5.75. The molecule has 0 saturated carbocycles. The summed E-state index contributed by atoms with van der Waals surface area (Å²) in [5.41, 5.74) is 0.820. The third-order valence-corrected chi connectivity index (χ3v) is 4.18. The van der Waals surface area contributed by atoms with Gasteiger partial charge in [-0.05, 0) is 31.9 Å². The lowest BCUT2D eigenvalue weighted by atomic mass is 10.4. The van der Waals surface area contributed by atoms with Crippen LogP contribution in [0.4, 0.5) is 0 Å². The molecule has 25 heavy (non-hydrogen) atoms. The number of carbonyl (C=O) groups is 1. The number of aliphatic imine (C=N–C) groups is 1. The van der Waals surface area contributed by atoms with Crippen LogP contribution in [0.25, 0.3) is 5.65 Å². The van der Waals surface area contributed by atoms with Gasteiger partial charge >= 0.3 is 0 Å². The maximum absolute atomic E-state index is 11.6. The number of nitrogens with one attached hydrogen (secondary N) is 2. The predicted molar refractivity (Wildman–Crippen MR) is 96.2 cm³/mol. The largest absolute Gasteiger partial charge is 0.357 e. The highest BCUT2D eigenvalue weighted by molar-refractivity contribution is 5.79. The number of pyridine rings is 1. The second kappa shape index (κ2) is 8.46. The average molecular weight is 343 g/mol. The van der Waals surface area contributed by atoms with E-state index in [-0.39, 0.29) is 5.91 Å². The molecule has 0 spiro atoms. The predicted octanol–water partition coefficient (Wildman–Crippen LogP) is 0.797. The minimum Gasteiger partial charge on any atom is -0.357 e. The molecule has 2 aromatic heterocycles. The van der Waals surface area contributed by atoms with Gasteiger partial charge in [0.05, 0.1) is 0 Å². The maximum Gasteiger partial charge on any atom is 0.222 e. The number of fused-ring (bicyclic) bond motifs is 1. The highest BCUT2D eigenvalue weighted by Gasteiger charge is 2.18. The number of likely N-dealkylation sites (tertiary alicyclic amines) is 1. The Morgan fingerprint density at radius 2 is 2.24 bits per heavy atom. The minimum absolute atomic E-state index is 0.277. The molecule has 1 saturated heterocycles. The molecule has 1 aliphatic heterocycles. The smallest absolute Gasteiger partial charge is 0.222 e. The molecule has 3 heterocycles. The molecule has 0 atom stereocenters. The van der Waals surface area contributed by atoms with Crippen molar-refractivity contribution in [3.05, 3.63) is 30.2 Å². The normalized spacial score (nSPS) is 15.2. The summed E-state index contributed by atoms with van der Waals surface area (Å²) in [6.07, 6.45) is 4.53. The van der Waals surface area contributed by atoms with Crippen LogP contribution >= 0.6 is 0 Å². The molecular formula is C17H25N7O. The maximum atomic E-state index is 11.6. The SMILES string of the molecule is CCNC(=NCc1nnc2ccccn12)NCCCN1CCCC1=O. The van der Waals surface area contributed by atoms with Gasteiger partial charge in [0.2, 0.25) is 5.91 Å². The van der Waals surface area contributed by atoms with Gasteiger partial charge in [-0.3, -0.25) is 9.20 Å². The zero-order valence-corrected chi connectivity index (χ0v) is 14.6. The van der Waals surface area contributed by atoms with Crippen molar-refractivity contribution in [1.29, 1.82) is 0 Å². The fraction of sp³-hybridized carbons (Fsp3) is 0.529. The van der Waals surface area contributed by atoms with Gasteiger partial charge in [0.25, 0.3) is 0 Å². The zero-order valence-electron chi connectivity index (χ0n) is 14.6. The van der Waals surface area contributed by atoms with Crippen molar-refractivity contribution >= 4 is 17.5 Å². The van der Waals surface area contributed by atoms with E-state index in [1.54, 1.807) is 0 Å². The Morgan fingerprint density at radius 1 is 1.32 bits per heavy atom. The Hall–Kier alpha value is -2.64. The summed E-state index contributed by atoms with van der Waals surface area (Å²) >= 11 is 0. The van der Waals surface area contributed by atoms with Crippen LogP contribution in [0.15, 0.2) is 29.4 Å². The number of rotatable bonds is 7. The highest BCUT2D eigenvalue weighted by atomic mass is 16.2. The van der Waals surface area contributed by atoms with Gasteiger partial charge in [0.15, 0.2) is 17.4 Å². The number of guanidine groups is 1. The Kier molecular flexibility index (Phi) is 5.81. The van der Waals surface area contributed by atoms with E-state index in [0.717, 1.165) is 56.5 Å². The van der Waals surface area contributed by atoms with Crippen LogP contribution in [0.2, 0.25) is 0 Å². The van der Waals surface area contributed by atoms with E-state index in [9.17, 15) is 4.79 Å². The molecule has 2 aromatic rings. The molecule has 0 aromatic carbocycles. The Morgan fingerprint density at radius 3 is 3.04 bits per heavy atom. The Labute approximate surface area is 147 Å². The lowest BCUT2D eigenvalue weighted by Crippen LogP contribution is -2.39. The first kappa shape index (κ1) is 17.2. The molecule has 3 rings (SSSR count). The molecule has 1 aliphatic rings. The molecule has 0 bridgehead atoms. The first-order valence-electron chi connectivity index (χ1n) is 8.86. The van der Waals surface area contributed by atoms with Crippen molar-refractivity contribution < 1.29 is 4.79 Å². The number of carbonyl (C=O) groups excluding carboxylic acids is 1. The third-order valence-electron chi connectivity index (χ3n) is 4.18. The molecule has 0 radical (unpaired) electrons. The Bertz CT molecular complexity index is 739. The first-order chi connectivity index (χ1) is 12.3. The molecule has 2 N–H and O–H groups in total. The molecule has 0 aliphatic carbocycles. The lowest BCUT2D eigenvalue weighted by molar-refractivity contribution is -0.127. The standard InChI is InChI=1S/C17H25N7O/c1-2-18-17(19-9-6-11-23-10-5-8-16(23)25)20-13-15-22-21-14-7-3-4-12-24(14)15/h3-4,7,12H,2,5-6,8-11,13H2,1H3,(H2,18,19,20). The number of aromatic nitrogens is 3. The third kappa shape index (κ3) is 4.46. The lowest BCUT2D eigenvalue weighted by Gasteiger charge is -2.16. The topological polar surface area (TPSA) is 86.9 Å². The fourth-order valence-electron chi connectivity index (χ4n) is 2.91. The van der Waals surface area contributed by atoms with Crippen molar-refractivity contribution in [2.75, 3.05) is 26.2 Å². The molecule has 1 amide bonds. The van der Waals surface area contributed by atoms with E-state index in [0.29, 0.717) is 13.0 Å². The van der Waals surface area contributed by atoms with Gasteiger partial charge in [-0.1, -0.05) is 6.07 Å². The van der Waals surface area contributed by atoms with Crippen LogP contribution in [0.5, 0.6) is 0 Å².